The van der Waals surface area contributed by atoms with E-state index in [1.54, 1.807) is 49.1 Å². The zero-order valence-corrected chi connectivity index (χ0v) is 15.8. The number of halogens is 1. The molecule has 0 radical (unpaired) electrons. The first-order valence-corrected chi connectivity index (χ1v) is 9.92. The molecule has 3 rings (SSSR count). The first-order valence-electron chi connectivity index (χ1n) is 8.48. The quantitative estimate of drug-likeness (QED) is 0.589. The maximum atomic E-state index is 14.4. The van der Waals surface area contributed by atoms with Crippen molar-refractivity contribution in [3.8, 4) is 0 Å². The third kappa shape index (κ3) is 3.65. The van der Waals surface area contributed by atoms with Crippen LogP contribution in [-0.4, -0.2) is 43.3 Å². The van der Waals surface area contributed by atoms with Crippen LogP contribution in [-0.2, 0) is 10.0 Å². The van der Waals surface area contributed by atoms with Gasteiger partial charge in [-0.15, -0.1) is 0 Å². The number of piperazine rings is 1. The maximum Gasteiger partial charge on any atom is 0.275 e. The molecule has 1 heterocycles. The summed E-state index contributed by atoms with van der Waals surface area (Å²) in [6.07, 6.45) is 0. The minimum atomic E-state index is -3.63. The third-order valence-corrected chi connectivity index (χ3v) is 6.75. The Hall–Kier alpha value is -2.52. The molecule has 0 aliphatic carbocycles. The van der Waals surface area contributed by atoms with Crippen LogP contribution in [0.2, 0.25) is 0 Å². The number of rotatable bonds is 4. The Labute approximate surface area is 157 Å². The number of aryl methyl sites for hydroxylation is 1. The van der Waals surface area contributed by atoms with Gasteiger partial charge in [-0.25, -0.2) is 12.8 Å². The highest BCUT2D eigenvalue weighted by Crippen LogP contribution is 2.30. The number of benzene rings is 2. The highest BCUT2D eigenvalue weighted by Gasteiger charge is 2.34. The van der Waals surface area contributed by atoms with Gasteiger partial charge in [0.25, 0.3) is 5.69 Å². The zero-order chi connectivity index (χ0) is 19.8. The van der Waals surface area contributed by atoms with E-state index in [4.69, 9.17) is 0 Å². The van der Waals surface area contributed by atoms with Crippen LogP contribution in [0.4, 0.5) is 15.8 Å². The van der Waals surface area contributed by atoms with Crippen molar-refractivity contribution >= 4 is 21.4 Å². The largest absolute Gasteiger partial charge is 0.366 e. The maximum absolute atomic E-state index is 14.4. The van der Waals surface area contributed by atoms with Crippen LogP contribution >= 0.6 is 0 Å². The molecule has 144 valence electrons. The van der Waals surface area contributed by atoms with Crippen LogP contribution in [0.1, 0.15) is 12.5 Å². The van der Waals surface area contributed by atoms with Crippen LogP contribution in [0.3, 0.4) is 0 Å². The van der Waals surface area contributed by atoms with Gasteiger partial charge in [-0.3, -0.25) is 10.1 Å². The summed E-state index contributed by atoms with van der Waals surface area (Å²) in [5.41, 5.74) is 0.347. The normalized spacial score (nSPS) is 18.5. The molecule has 27 heavy (non-hydrogen) atoms. The van der Waals surface area contributed by atoms with Gasteiger partial charge in [0.05, 0.1) is 21.6 Å². The predicted molar refractivity (Wildman–Crippen MR) is 99.8 cm³/mol. The van der Waals surface area contributed by atoms with Gasteiger partial charge in [-0.1, -0.05) is 18.2 Å². The summed E-state index contributed by atoms with van der Waals surface area (Å²) in [7, 11) is -3.63. The first-order chi connectivity index (χ1) is 12.7. The molecule has 0 unspecified atom stereocenters. The Morgan fingerprint density at radius 1 is 1.19 bits per heavy atom. The lowest BCUT2D eigenvalue weighted by Crippen LogP contribution is -2.54. The number of hydrogen-bond acceptors (Lipinski definition) is 5. The summed E-state index contributed by atoms with van der Waals surface area (Å²) >= 11 is 0. The van der Waals surface area contributed by atoms with Crippen LogP contribution in [0.15, 0.2) is 47.4 Å². The van der Waals surface area contributed by atoms with E-state index >= 15 is 0 Å². The molecule has 0 bridgehead atoms. The Kier molecular flexibility index (Phi) is 5.16. The monoisotopic (exact) mass is 393 g/mol. The van der Waals surface area contributed by atoms with Crippen molar-refractivity contribution in [1.29, 1.82) is 0 Å². The van der Waals surface area contributed by atoms with Crippen molar-refractivity contribution in [1.82, 2.24) is 4.31 Å². The fraction of sp³-hybridized carbons (Fsp3) is 0.333. The second-order valence-electron chi connectivity index (χ2n) is 6.57. The van der Waals surface area contributed by atoms with Crippen molar-refractivity contribution in [3.63, 3.8) is 0 Å². The minimum absolute atomic E-state index is 0.202. The molecule has 1 aliphatic heterocycles. The topological polar surface area (TPSA) is 83.8 Å². The van der Waals surface area contributed by atoms with E-state index in [2.05, 4.69) is 0 Å². The third-order valence-electron chi connectivity index (χ3n) is 4.72. The number of hydrogen-bond donors (Lipinski definition) is 0. The first kappa shape index (κ1) is 19.2. The van der Waals surface area contributed by atoms with Crippen molar-refractivity contribution in [2.75, 3.05) is 24.5 Å². The van der Waals surface area contributed by atoms with Gasteiger partial charge in [0.2, 0.25) is 10.0 Å². The van der Waals surface area contributed by atoms with Gasteiger partial charge in [-0.2, -0.15) is 4.31 Å². The van der Waals surface area contributed by atoms with E-state index in [9.17, 15) is 22.9 Å². The van der Waals surface area contributed by atoms with Gasteiger partial charge < -0.3 is 4.90 Å². The number of sulfonamides is 1. The molecule has 0 amide bonds. The molecule has 0 N–H and O–H groups in total. The Balaban J connectivity index is 1.84. The zero-order valence-electron chi connectivity index (χ0n) is 15.0. The highest BCUT2D eigenvalue weighted by atomic mass is 32.2. The average molecular weight is 393 g/mol. The van der Waals surface area contributed by atoms with E-state index in [-0.39, 0.29) is 28.9 Å². The molecule has 9 heteroatoms. The van der Waals surface area contributed by atoms with E-state index in [0.29, 0.717) is 18.7 Å². The molecule has 2 aromatic carbocycles. The molecular formula is C18H20FN3O4S. The smallest absolute Gasteiger partial charge is 0.275 e. The Morgan fingerprint density at radius 3 is 2.44 bits per heavy atom. The van der Waals surface area contributed by atoms with E-state index < -0.39 is 20.8 Å². The Morgan fingerprint density at radius 2 is 1.85 bits per heavy atom. The fourth-order valence-corrected chi connectivity index (χ4v) is 4.97. The van der Waals surface area contributed by atoms with E-state index in [0.717, 1.165) is 6.07 Å². The van der Waals surface area contributed by atoms with Gasteiger partial charge in [0.15, 0.2) is 5.82 Å². The number of nitrogens with zero attached hydrogens (tertiary/aromatic N) is 3. The van der Waals surface area contributed by atoms with Crippen molar-refractivity contribution < 1.29 is 17.7 Å². The van der Waals surface area contributed by atoms with Gasteiger partial charge >= 0.3 is 0 Å². The molecule has 7 nitrogen and oxygen atoms in total. The number of nitro benzene ring substituents is 1. The van der Waals surface area contributed by atoms with Crippen LogP contribution in [0.5, 0.6) is 0 Å². The molecule has 1 saturated heterocycles. The molecule has 0 spiro atoms. The molecule has 1 atom stereocenters. The highest BCUT2D eigenvalue weighted by molar-refractivity contribution is 7.89. The molecule has 0 aromatic heterocycles. The van der Waals surface area contributed by atoms with E-state index in [1.165, 1.54) is 10.4 Å². The predicted octanol–water partition coefficient (Wildman–Crippen LogP) is 2.94. The van der Waals surface area contributed by atoms with Gasteiger partial charge in [0.1, 0.15) is 0 Å². The fourth-order valence-electron chi connectivity index (χ4n) is 3.34. The molecular weight excluding hydrogens is 373 g/mol. The molecule has 2 aromatic rings. The summed E-state index contributed by atoms with van der Waals surface area (Å²) in [5.74, 6) is -0.682. The second-order valence-corrected chi connectivity index (χ2v) is 8.46. The van der Waals surface area contributed by atoms with Crippen LogP contribution in [0, 0.1) is 22.9 Å². The van der Waals surface area contributed by atoms with Crippen LogP contribution < -0.4 is 4.90 Å². The van der Waals surface area contributed by atoms with Gasteiger partial charge in [0, 0.05) is 31.2 Å². The van der Waals surface area contributed by atoms with Crippen molar-refractivity contribution in [2.24, 2.45) is 0 Å². The average Bonchev–Trinajstić information content (AvgIpc) is 2.63. The lowest BCUT2D eigenvalue weighted by molar-refractivity contribution is -0.385. The van der Waals surface area contributed by atoms with Crippen molar-refractivity contribution in [3.05, 3.63) is 64.0 Å². The second kappa shape index (κ2) is 7.24. The number of nitro groups is 1. The van der Waals surface area contributed by atoms with E-state index in [1.807, 2.05) is 0 Å². The SMILES string of the molecule is Cc1cc(N2CCN(S(=O)(=O)c3ccccc3)[C@@H](C)C2)c(F)cc1[N+](=O)[O-]. The lowest BCUT2D eigenvalue weighted by atomic mass is 10.1. The lowest BCUT2D eigenvalue weighted by Gasteiger charge is -2.40. The summed E-state index contributed by atoms with van der Waals surface area (Å²) in [6.45, 7) is 4.11. The van der Waals surface area contributed by atoms with Crippen molar-refractivity contribution in [2.45, 2.75) is 24.8 Å². The molecule has 1 fully saturated rings. The Bertz CT molecular complexity index is 966. The summed E-state index contributed by atoms with van der Waals surface area (Å²) in [5, 5.41) is 11.0. The standard InChI is InChI=1S/C18H20FN3O4S/c1-13-10-18(16(19)11-17(13)22(23)24)20-8-9-21(14(2)12-20)27(25,26)15-6-4-3-5-7-15/h3-7,10-11,14H,8-9,12H2,1-2H3/t14-/m0/s1. The summed E-state index contributed by atoms with van der Waals surface area (Å²) < 4.78 is 41.5. The molecule has 1 aliphatic rings. The van der Waals surface area contributed by atoms with Crippen LogP contribution in [0.25, 0.3) is 0 Å². The molecule has 0 saturated carbocycles. The summed E-state index contributed by atoms with van der Waals surface area (Å²) in [6, 6.07) is 10.2. The van der Waals surface area contributed by atoms with Gasteiger partial charge in [-0.05, 0) is 32.0 Å². The minimum Gasteiger partial charge on any atom is -0.366 e. The number of anilines is 1. The summed E-state index contributed by atoms with van der Waals surface area (Å²) in [4.78, 5) is 12.3.